The molecule has 2 aromatic heterocycles. The summed E-state index contributed by atoms with van der Waals surface area (Å²) in [6, 6.07) is 4.64. The first kappa shape index (κ1) is 11.4. The van der Waals surface area contributed by atoms with Crippen molar-refractivity contribution in [1.29, 1.82) is 0 Å². The maximum atomic E-state index is 4.28. The van der Waals surface area contributed by atoms with Gasteiger partial charge in [-0.25, -0.2) is 4.98 Å². The molecule has 0 bridgehead atoms. The van der Waals surface area contributed by atoms with E-state index in [0.29, 0.717) is 6.04 Å². The molecule has 0 aromatic carbocycles. The molecule has 4 heteroatoms. The topological polar surface area (TPSA) is 42.7 Å². The van der Waals surface area contributed by atoms with Crippen molar-refractivity contribution >= 4 is 0 Å². The van der Waals surface area contributed by atoms with Crippen molar-refractivity contribution in [3.63, 3.8) is 0 Å². The van der Waals surface area contributed by atoms with Gasteiger partial charge in [-0.2, -0.15) is 0 Å². The summed E-state index contributed by atoms with van der Waals surface area (Å²) in [6.45, 7) is 2.14. The molecule has 1 saturated heterocycles. The fraction of sp³-hybridized carbons (Fsp3) is 0.429. The van der Waals surface area contributed by atoms with Crippen LogP contribution >= 0.6 is 0 Å². The Bertz CT molecular complexity index is 486. The van der Waals surface area contributed by atoms with Crippen LogP contribution in [0.3, 0.4) is 0 Å². The van der Waals surface area contributed by atoms with Gasteiger partial charge in [-0.05, 0) is 31.5 Å². The Hall–Kier alpha value is -1.68. The number of piperidine rings is 1. The lowest BCUT2D eigenvalue weighted by Gasteiger charge is -2.24. The minimum Gasteiger partial charge on any atom is -0.329 e. The predicted octanol–water partition coefficient (Wildman–Crippen LogP) is 2.09. The Morgan fingerprint density at radius 2 is 2.11 bits per heavy atom. The molecule has 1 N–H and O–H groups in total. The number of rotatable bonds is 3. The van der Waals surface area contributed by atoms with Crippen LogP contribution in [0.1, 0.15) is 19.3 Å². The monoisotopic (exact) mass is 242 g/mol. The van der Waals surface area contributed by atoms with E-state index in [2.05, 4.69) is 19.9 Å². The summed E-state index contributed by atoms with van der Waals surface area (Å²) in [7, 11) is 0. The van der Waals surface area contributed by atoms with Gasteiger partial charge in [0.25, 0.3) is 0 Å². The molecule has 3 rings (SSSR count). The average molecular weight is 242 g/mol. The summed E-state index contributed by atoms with van der Waals surface area (Å²) in [5.74, 6) is 0. The minimum absolute atomic E-state index is 0.577. The van der Waals surface area contributed by atoms with E-state index in [1.165, 1.54) is 30.5 Å². The van der Waals surface area contributed by atoms with Crippen molar-refractivity contribution in [3.8, 4) is 11.3 Å². The molecule has 1 unspecified atom stereocenters. The lowest BCUT2D eigenvalue weighted by atomic mass is 10.0. The van der Waals surface area contributed by atoms with Gasteiger partial charge < -0.3 is 9.88 Å². The van der Waals surface area contributed by atoms with Crippen molar-refractivity contribution in [2.24, 2.45) is 0 Å². The quantitative estimate of drug-likeness (QED) is 0.896. The van der Waals surface area contributed by atoms with Gasteiger partial charge in [-0.1, -0.05) is 6.42 Å². The molecule has 1 aliphatic rings. The summed E-state index contributed by atoms with van der Waals surface area (Å²) in [4.78, 5) is 8.34. The van der Waals surface area contributed by atoms with Crippen LogP contribution in [0.2, 0.25) is 0 Å². The third-order valence-electron chi connectivity index (χ3n) is 3.52. The molecule has 0 aliphatic carbocycles. The number of aromatic nitrogens is 3. The maximum absolute atomic E-state index is 4.28. The zero-order valence-corrected chi connectivity index (χ0v) is 10.4. The van der Waals surface area contributed by atoms with Crippen LogP contribution in [0.5, 0.6) is 0 Å². The molecule has 0 radical (unpaired) electrons. The molecule has 0 amide bonds. The number of nitrogens with zero attached hydrogens (tertiary/aromatic N) is 3. The zero-order chi connectivity index (χ0) is 12.2. The van der Waals surface area contributed by atoms with Crippen LogP contribution < -0.4 is 5.32 Å². The first-order valence-electron chi connectivity index (χ1n) is 6.57. The van der Waals surface area contributed by atoms with E-state index in [4.69, 9.17) is 0 Å². The fourth-order valence-electron chi connectivity index (χ4n) is 2.55. The highest BCUT2D eigenvalue weighted by Crippen LogP contribution is 2.19. The van der Waals surface area contributed by atoms with Crippen LogP contribution in [-0.2, 0) is 6.54 Å². The molecule has 1 atom stereocenters. The van der Waals surface area contributed by atoms with Crippen molar-refractivity contribution < 1.29 is 0 Å². The average Bonchev–Trinajstić information content (AvgIpc) is 2.89. The molecule has 3 heterocycles. The molecule has 94 valence electrons. The largest absolute Gasteiger partial charge is 0.329 e. The molecular weight excluding hydrogens is 224 g/mol. The van der Waals surface area contributed by atoms with Gasteiger partial charge in [-0.3, -0.25) is 4.98 Å². The first-order chi connectivity index (χ1) is 8.93. The van der Waals surface area contributed by atoms with Gasteiger partial charge in [-0.15, -0.1) is 0 Å². The molecule has 18 heavy (non-hydrogen) atoms. The number of hydrogen-bond acceptors (Lipinski definition) is 3. The van der Waals surface area contributed by atoms with E-state index in [1.54, 1.807) is 0 Å². The number of pyridine rings is 1. The normalized spacial score (nSPS) is 19.9. The van der Waals surface area contributed by atoms with Crippen molar-refractivity contribution in [1.82, 2.24) is 19.9 Å². The number of nitrogens with one attached hydrogen (secondary N) is 1. The van der Waals surface area contributed by atoms with Gasteiger partial charge in [0.15, 0.2) is 0 Å². The summed E-state index contributed by atoms with van der Waals surface area (Å²) >= 11 is 0. The van der Waals surface area contributed by atoms with Crippen molar-refractivity contribution in [2.75, 3.05) is 6.54 Å². The second-order valence-electron chi connectivity index (χ2n) is 4.81. The van der Waals surface area contributed by atoms with Crippen molar-refractivity contribution in [2.45, 2.75) is 31.8 Å². The van der Waals surface area contributed by atoms with E-state index in [0.717, 1.165) is 13.1 Å². The highest BCUT2D eigenvalue weighted by molar-refractivity contribution is 5.57. The van der Waals surface area contributed by atoms with Crippen LogP contribution in [0.25, 0.3) is 11.3 Å². The van der Waals surface area contributed by atoms with Crippen LogP contribution in [-0.4, -0.2) is 27.1 Å². The van der Waals surface area contributed by atoms with Gasteiger partial charge in [0, 0.05) is 30.5 Å². The summed E-state index contributed by atoms with van der Waals surface area (Å²) in [5, 5.41) is 3.58. The molecule has 2 aromatic rings. The maximum Gasteiger partial charge on any atom is 0.0951 e. The van der Waals surface area contributed by atoms with E-state index in [9.17, 15) is 0 Å². The lowest BCUT2D eigenvalue weighted by molar-refractivity contribution is 0.364. The van der Waals surface area contributed by atoms with Crippen LogP contribution in [0.15, 0.2) is 37.1 Å². The Morgan fingerprint density at radius 3 is 2.89 bits per heavy atom. The second-order valence-corrected chi connectivity index (χ2v) is 4.81. The predicted molar refractivity (Wildman–Crippen MR) is 71.1 cm³/mol. The van der Waals surface area contributed by atoms with E-state index in [-0.39, 0.29) is 0 Å². The SMILES string of the molecule is c1cc(-c2cncn2CC2CCCCN2)ccn1. The van der Waals surface area contributed by atoms with Gasteiger partial charge in [0.1, 0.15) is 0 Å². The van der Waals surface area contributed by atoms with Crippen LogP contribution in [0.4, 0.5) is 0 Å². The Morgan fingerprint density at radius 1 is 1.22 bits per heavy atom. The summed E-state index contributed by atoms with van der Waals surface area (Å²) in [6.07, 6.45) is 11.4. The first-order valence-corrected chi connectivity index (χ1v) is 6.57. The molecule has 0 spiro atoms. The minimum atomic E-state index is 0.577. The summed E-state index contributed by atoms with van der Waals surface area (Å²) < 4.78 is 2.23. The van der Waals surface area contributed by atoms with E-state index < -0.39 is 0 Å². The van der Waals surface area contributed by atoms with Crippen molar-refractivity contribution in [3.05, 3.63) is 37.1 Å². The Kier molecular flexibility index (Phi) is 3.37. The van der Waals surface area contributed by atoms with Gasteiger partial charge in [0.05, 0.1) is 18.2 Å². The Balaban J connectivity index is 1.79. The number of hydrogen-bond donors (Lipinski definition) is 1. The van der Waals surface area contributed by atoms with E-state index >= 15 is 0 Å². The molecule has 1 aliphatic heterocycles. The van der Waals surface area contributed by atoms with E-state index in [1.807, 2.05) is 37.1 Å². The van der Waals surface area contributed by atoms with Gasteiger partial charge >= 0.3 is 0 Å². The third-order valence-corrected chi connectivity index (χ3v) is 3.52. The highest BCUT2D eigenvalue weighted by Gasteiger charge is 2.14. The molecule has 4 nitrogen and oxygen atoms in total. The molecule has 1 fully saturated rings. The highest BCUT2D eigenvalue weighted by atomic mass is 15.1. The molecular formula is C14H18N4. The lowest BCUT2D eigenvalue weighted by Crippen LogP contribution is -2.37. The smallest absolute Gasteiger partial charge is 0.0951 e. The standard InChI is InChI=1S/C14H18N4/c1-2-6-17-13(3-1)10-18-11-16-9-14(18)12-4-7-15-8-5-12/h4-5,7-9,11,13,17H,1-3,6,10H2. The van der Waals surface area contributed by atoms with Crippen LogP contribution in [0, 0.1) is 0 Å². The fourth-order valence-corrected chi connectivity index (χ4v) is 2.55. The molecule has 0 saturated carbocycles. The van der Waals surface area contributed by atoms with Gasteiger partial charge in [0.2, 0.25) is 0 Å². The number of imidazole rings is 1. The Labute approximate surface area is 107 Å². The zero-order valence-electron chi connectivity index (χ0n) is 10.4. The third kappa shape index (κ3) is 2.43. The summed E-state index contributed by atoms with van der Waals surface area (Å²) in [5.41, 5.74) is 2.35. The second kappa shape index (κ2) is 5.31.